The number of fused-ring (bicyclic) bond motifs is 3. The first-order chi connectivity index (χ1) is 9.42. The zero-order valence-corrected chi connectivity index (χ0v) is 10.0. The molecule has 92 valence electrons. The molecular formula is C13H10N6. The average molecular weight is 250 g/mol. The first-order valence-electron chi connectivity index (χ1n) is 5.95. The summed E-state index contributed by atoms with van der Waals surface area (Å²) in [6.45, 7) is 0.742. The van der Waals surface area contributed by atoms with Crippen LogP contribution in [0, 0.1) is 0 Å². The zero-order chi connectivity index (χ0) is 12.7. The number of nitrogens with zero attached hydrogens (tertiary/aromatic N) is 6. The predicted molar refractivity (Wildman–Crippen MR) is 69.6 cm³/mol. The molecule has 6 nitrogen and oxygen atoms in total. The quantitative estimate of drug-likeness (QED) is 0.541. The van der Waals surface area contributed by atoms with Gasteiger partial charge in [-0.3, -0.25) is 0 Å². The van der Waals surface area contributed by atoms with Crippen LogP contribution in [0.15, 0.2) is 49.3 Å². The number of hydrogen-bond acceptors (Lipinski definition) is 4. The molecular weight excluding hydrogens is 240 g/mol. The third kappa shape index (κ3) is 1.57. The smallest absolute Gasteiger partial charge is 0.184 e. The molecule has 1 aromatic carbocycles. The van der Waals surface area contributed by atoms with Crippen molar-refractivity contribution in [1.29, 1.82) is 0 Å². The Labute approximate surface area is 108 Å². The molecule has 19 heavy (non-hydrogen) atoms. The first-order valence-corrected chi connectivity index (χ1v) is 5.95. The second kappa shape index (κ2) is 3.88. The highest BCUT2D eigenvalue weighted by atomic mass is 15.3. The lowest BCUT2D eigenvalue weighted by Crippen LogP contribution is -2.00. The number of benzene rings is 1. The SMILES string of the molecule is c1ccc(Cn2cnc3ncn4ncnc4c32)cc1. The fourth-order valence-corrected chi connectivity index (χ4v) is 2.21. The molecule has 0 fully saturated rings. The van der Waals surface area contributed by atoms with Gasteiger partial charge < -0.3 is 4.57 Å². The van der Waals surface area contributed by atoms with E-state index < -0.39 is 0 Å². The number of imidazole rings is 1. The van der Waals surface area contributed by atoms with Crippen molar-refractivity contribution in [3.05, 3.63) is 54.9 Å². The Morgan fingerprint density at radius 2 is 1.79 bits per heavy atom. The van der Waals surface area contributed by atoms with Crippen molar-refractivity contribution >= 4 is 16.8 Å². The fraction of sp³-hybridized carbons (Fsp3) is 0.0769. The summed E-state index contributed by atoms with van der Waals surface area (Å²) < 4.78 is 3.70. The van der Waals surface area contributed by atoms with Crippen molar-refractivity contribution in [2.45, 2.75) is 6.54 Å². The van der Waals surface area contributed by atoms with E-state index in [4.69, 9.17) is 0 Å². The lowest BCUT2D eigenvalue weighted by molar-refractivity contribution is 0.822. The maximum absolute atomic E-state index is 4.32. The highest BCUT2D eigenvalue weighted by Crippen LogP contribution is 2.16. The van der Waals surface area contributed by atoms with E-state index >= 15 is 0 Å². The third-order valence-corrected chi connectivity index (χ3v) is 3.09. The van der Waals surface area contributed by atoms with Crippen molar-refractivity contribution in [3.8, 4) is 0 Å². The summed E-state index contributed by atoms with van der Waals surface area (Å²) in [5.74, 6) is 0. The Morgan fingerprint density at radius 1 is 0.947 bits per heavy atom. The van der Waals surface area contributed by atoms with Gasteiger partial charge in [-0.2, -0.15) is 5.10 Å². The van der Waals surface area contributed by atoms with Crippen LogP contribution in [0.2, 0.25) is 0 Å². The third-order valence-electron chi connectivity index (χ3n) is 3.09. The Morgan fingerprint density at radius 3 is 2.68 bits per heavy atom. The molecule has 4 rings (SSSR count). The number of aromatic nitrogens is 6. The molecule has 0 amide bonds. The summed E-state index contributed by atoms with van der Waals surface area (Å²) in [5, 5.41) is 4.10. The summed E-state index contributed by atoms with van der Waals surface area (Å²) >= 11 is 0. The van der Waals surface area contributed by atoms with Crippen LogP contribution in [-0.2, 0) is 6.54 Å². The van der Waals surface area contributed by atoms with E-state index in [0.717, 1.165) is 17.7 Å². The highest BCUT2D eigenvalue weighted by molar-refractivity contribution is 5.85. The Hall–Kier alpha value is -2.76. The molecule has 0 atom stereocenters. The van der Waals surface area contributed by atoms with E-state index in [2.05, 4.69) is 32.2 Å². The van der Waals surface area contributed by atoms with Crippen molar-refractivity contribution in [2.24, 2.45) is 0 Å². The van der Waals surface area contributed by atoms with E-state index in [1.165, 1.54) is 11.9 Å². The van der Waals surface area contributed by atoms with Gasteiger partial charge in [0.15, 0.2) is 11.3 Å². The van der Waals surface area contributed by atoms with Crippen molar-refractivity contribution < 1.29 is 0 Å². The van der Waals surface area contributed by atoms with Gasteiger partial charge in [-0.25, -0.2) is 19.5 Å². The van der Waals surface area contributed by atoms with Gasteiger partial charge in [-0.1, -0.05) is 30.3 Å². The molecule has 0 aliphatic carbocycles. The van der Waals surface area contributed by atoms with Gasteiger partial charge in [0, 0.05) is 6.54 Å². The molecule has 0 saturated carbocycles. The zero-order valence-electron chi connectivity index (χ0n) is 10.0. The highest BCUT2D eigenvalue weighted by Gasteiger charge is 2.10. The summed E-state index contributed by atoms with van der Waals surface area (Å²) in [6.07, 6.45) is 4.94. The Kier molecular flexibility index (Phi) is 2.08. The van der Waals surface area contributed by atoms with Crippen LogP contribution in [-0.4, -0.2) is 29.1 Å². The van der Waals surface area contributed by atoms with Gasteiger partial charge >= 0.3 is 0 Å². The molecule has 0 spiro atoms. The number of rotatable bonds is 2. The summed E-state index contributed by atoms with van der Waals surface area (Å²) in [7, 11) is 0. The molecule has 0 radical (unpaired) electrons. The molecule has 0 saturated heterocycles. The minimum absolute atomic E-state index is 0.691. The normalized spacial score (nSPS) is 11.4. The summed E-state index contributed by atoms with van der Waals surface area (Å²) in [4.78, 5) is 12.9. The largest absolute Gasteiger partial charge is 0.322 e. The summed E-state index contributed by atoms with van der Waals surface area (Å²) in [6, 6.07) is 10.2. The molecule has 0 aliphatic rings. The van der Waals surface area contributed by atoms with Gasteiger partial charge in [0.1, 0.15) is 18.2 Å². The molecule has 0 N–H and O–H groups in total. The van der Waals surface area contributed by atoms with E-state index in [9.17, 15) is 0 Å². The van der Waals surface area contributed by atoms with Gasteiger partial charge in [0.05, 0.1) is 6.33 Å². The van der Waals surface area contributed by atoms with Crippen molar-refractivity contribution in [3.63, 3.8) is 0 Å². The van der Waals surface area contributed by atoms with Crippen LogP contribution < -0.4 is 0 Å². The van der Waals surface area contributed by atoms with Gasteiger partial charge in [0.2, 0.25) is 0 Å². The molecule has 6 heteroatoms. The maximum atomic E-state index is 4.32. The van der Waals surface area contributed by atoms with E-state index in [-0.39, 0.29) is 0 Å². The van der Waals surface area contributed by atoms with Gasteiger partial charge in [0.25, 0.3) is 0 Å². The minimum Gasteiger partial charge on any atom is -0.322 e. The van der Waals surface area contributed by atoms with E-state index in [1.54, 1.807) is 17.2 Å². The molecule has 3 aromatic heterocycles. The lowest BCUT2D eigenvalue weighted by Gasteiger charge is -2.04. The molecule has 0 aliphatic heterocycles. The topological polar surface area (TPSA) is 60.9 Å². The molecule has 4 aromatic rings. The molecule has 3 heterocycles. The first kappa shape index (κ1) is 10.2. The van der Waals surface area contributed by atoms with Crippen LogP contribution >= 0.6 is 0 Å². The molecule has 0 unspecified atom stereocenters. The van der Waals surface area contributed by atoms with Crippen LogP contribution in [0.5, 0.6) is 0 Å². The summed E-state index contributed by atoms with van der Waals surface area (Å²) in [5.41, 5.74) is 3.59. The van der Waals surface area contributed by atoms with Crippen molar-refractivity contribution in [2.75, 3.05) is 0 Å². The monoisotopic (exact) mass is 250 g/mol. The lowest BCUT2D eigenvalue weighted by atomic mass is 10.2. The standard InChI is InChI=1S/C13H10N6/c1-2-4-10(5-3-1)6-18-8-15-12-11(18)13-14-7-17-19(13)9-16-12/h1-5,7-9H,6H2. The maximum Gasteiger partial charge on any atom is 0.184 e. The van der Waals surface area contributed by atoms with Crippen LogP contribution in [0.3, 0.4) is 0 Å². The minimum atomic E-state index is 0.691. The second-order valence-electron chi connectivity index (χ2n) is 4.30. The van der Waals surface area contributed by atoms with Gasteiger partial charge in [-0.05, 0) is 5.56 Å². The predicted octanol–water partition coefficient (Wildman–Crippen LogP) is 1.52. The fourth-order valence-electron chi connectivity index (χ4n) is 2.21. The molecule has 0 bridgehead atoms. The number of hydrogen-bond donors (Lipinski definition) is 0. The van der Waals surface area contributed by atoms with E-state index in [1.807, 2.05) is 22.8 Å². The van der Waals surface area contributed by atoms with Gasteiger partial charge in [-0.15, -0.1) is 0 Å². The average Bonchev–Trinajstić information content (AvgIpc) is 3.06. The van der Waals surface area contributed by atoms with E-state index in [0.29, 0.717) is 5.65 Å². The Balaban J connectivity index is 1.92. The van der Waals surface area contributed by atoms with Crippen molar-refractivity contribution in [1.82, 2.24) is 29.1 Å². The van der Waals surface area contributed by atoms with Crippen LogP contribution in [0.1, 0.15) is 5.56 Å². The second-order valence-corrected chi connectivity index (χ2v) is 4.30. The van der Waals surface area contributed by atoms with Crippen LogP contribution in [0.4, 0.5) is 0 Å². The van der Waals surface area contributed by atoms with Crippen LogP contribution in [0.25, 0.3) is 16.8 Å². The Bertz CT molecular complexity index is 845.